The van der Waals surface area contributed by atoms with Crippen LogP contribution in [-0.2, 0) is 14.3 Å². The van der Waals surface area contributed by atoms with Gasteiger partial charge in [0.15, 0.2) is 0 Å². The molecule has 0 heterocycles. The van der Waals surface area contributed by atoms with Gasteiger partial charge < -0.3 is 4.74 Å². The van der Waals surface area contributed by atoms with E-state index in [1.54, 1.807) is 0 Å². The lowest BCUT2D eigenvalue weighted by Crippen LogP contribution is -2.33. The van der Waals surface area contributed by atoms with E-state index in [1.165, 1.54) is 7.11 Å². The number of ether oxygens (including phenoxy) is 1. The Hall–Kier alpha value is -0.860. The summed E-state index contributed by atoms with van der Waals surface area (Å²) in [4.78, 5) is 24.7. The molecule has 106 valence electrons. The topological polar surface area (TPSA) is 43.4 Å². The molecule has 3 fully saturated rings. The van der Waals surface area contributed by atoms with Crippen LogP contribution in [0.3, 0.4) is 0 Å². The molecule has 3 rings (SSSR count). The Bertz CT molecular complexity index is 439. The number of Topliss-reactive ketones (excluding diaryl/α,β-unsaturated/α-hetero) is 1. The quantitative estimate of drug-likeness (QED) is 0.684. The van der Waals surface area contributed by atoms with Gasteiger partial charge in [-0.25, -0.2) is 0 Å². The average molecular weight is 264 g/mol. The number of hydrogen-bond acceptors (Lipinski definition) is 3. The minimum absolute atomic E-state index is 0.0417. The maximum atomic E-state index is 12.7. The highest BCUT2D eigenvalue weighted by Gasteiger charge is 2.70. The van der Waals surface area contributed by atoms with Gasteiger partial charge in [-0.1, -0.05) is 20.8 Å². The fourth-order valence-corrected chi connectivity index (χ4v) is 5.66. The van der Waals surface area contributed by atoms with Gasteiger partial charge >= 0.3 is 5.97 Å². The molecule has 19 heavy (non-hydrogen) atoms. The Balaban J connectivity index is 2.03. The first-order valence-electron chi connectivity index (χ1n) is 7.46. The van der Waals surface area contributed by atoms with Crippen molar-refractivity contribution in [3.05, 3.63) is 0 Å². The molecule has 0 amide bonds. The van der Waals surface area contributed by atoms with Crippen molar-refractivity contribution in [2.45, 2.75) is 46.5 Å². The van der Waals surface area contributed by atoms with Crippen LogP contribution in [0.2, 0.25) is 0 Å². The monoisotopic (exact) mass is 264 g/mol. The zero-order chi connectivity index (χ0) is 14.0. The van der Waals surface area contributed by atoms with Crippen LogP contribution in [0.25, 0.3) is 0 Å². The molecule has 3 aliphatic carbocycles. The van der Waals surface area contributed by atoms with Crippen LogP contribution < -0.4 is 0 Å². The van der Waals surface area contributed by atoms with E-state index >= 15 is 0 Å². The van der Waals surface area contributed by atoms with Crippen molar-refractivity contribution in [1.82, 2.24) is 0 Å². The Morgan fingerprint density at radius 1 is 1.32 bits per heavy atom. The molecule has 3 aliphatic rings. The first-order valence-corrected chi connectivity index (χ1v) is 7.46. The van der Waals surface area contributed by atoms with Crippen LogP contribution in [0.4, 0.5) is 0 Å². The highest BCUT2D eigenvalue weighted by molar-refractivity contribution is 5.91. The minimum Gasteiger partial charge on any atom is -0.469 e. The molecule has 1 spiro atoms. The second-order valence-corrected chi connectivity index (χ2v) is 7.54. The molecule has 3 saturated carbocycles. The molecular formula is C16H24O3. The lowest BCUT2D eigenvalue weighted by Gasteiger charge is -2.35. The van der Waals surface area contributed by atoms with Crippen LogP contribution in [0.5, 0.6) is 0 Å². The number of carbonyl (C=O) groups is 2. The summed E-state index contributed by atoms with van der Waals surface area (Å²) in [5, 5.41) is 0. The molecule has 0 aromatic carbocycles. The summed E-state index contributed by atoms with van der Waals surface area (Å²) in [5.74, 6) is 1.26. The predicted molar refractivity (Wildman–Crippen MR) is 71.3 cm³/mol. The number of ketones is 1. The molecule has 0 aromatic heterocycles. The van der Waals surface area contributed by atoms with Crippen molar-refractivity contribution in [2.24, 2.45) is 34.5 Å². The summed E-state index contributed by atoms with van der Waals surface area (Å²) >= 11 is 0. The van der Waals surface area contributed by atoms with Crippen LogP contribution in [0.15, 0.2) is 0 Å². The molecule has 3 heteroatoms. The van der Waals surface area contributed by atoms with Gasteiger partial charge in [0.1, 0.15) is 5.78 Å². The van der Waals surface area contributed by atoms with Crippen molar-refractivity contribution in [3.8, 4) is 0 Å². The zero-order valence-electron chi connectivity index (χ0n) is 12.4. The Morgan fingerprint density at radius 2 is 2.00 bits per heavy atom. The molecule has 0 bridgehead atoms. The van der Waals surface area contributed by atoms with E-state index in [4.69, 9.17) is 4.74 Å². The third kappa shape index (κ3) is 1.45. The molecular weight excluding hydrogens is 240 g/mol. The molecule has 0 saturated heterocycles. The molecule has 0 N–H and O–H groups in total. The SMILES string of the molecule is COC(=O)[C@H]1C[C@@H]2C(=O)C(C)(C)C[C@@]23[C@@H](C)CC[C@@H]13. The second-order valence-electron chi connectivity index (χ2n) is 7.54. The van der Waals surface area contributed by atoms with Gasteiger partial charge in [-0.3, -0.25) is 9.59 Å². The Morgan fingerprint density at radius 3 is 2.63 bits per heavy atom. The summed E-state index contributed by atoms with van der Waals surface area (Å²) in [5.41, 5.74) is -0.123. The summed E-state index contributed by atoms with van der Waals surface area (Å²) < 4.78 is 4.98. The third-order valence-corrected chi connectivity index (χ3v) is 6.38. The standard InChI is InChI=1S/C16H24O3/c1-9-5-6-11-10(14(18)19-4)7-12-13(17)15(2,3)8-16(9,11)12/h9-12H,5-8H2,1-4H3/t9-,10-,11-,12+,16-/m0/s1. The van der Waals surface area contributed by atoms with Crippen LogP contribution in [-0.4, -0.2) is 18.9 Å². The van der Waals surface area contributed by atoms with Gasteiger partial charge in [-0.2, -0.15) is 0 Å². The van der Waals surface area contributed by atoms with E-state index in [-0.39, 0.29) is 28.6 Å². The largest absolute Gasteiger partial charge is 0.469 e. The lowest BCUT2D eigenvalue weighted by atomic mass is 9.68. The zero-order valence-corrected chi connectivity index (χ0v) is 12.4. The summed E-state index contributed by atoms with van der Waals surface area (Å²) in [7, 11) is 1.47. The van der Waals surface area contributed by atoms with Crippen molar-refractivity contribution in [1.29, 1.82) is 0 Å². The fourth-order valence-electron chi connectivity index (χ4n) is 5.66. The minimum atomic E-state index is -0.206. The van der Waals surface area contributed by atoms with Crippen molar-refractivity contribution >= 4 is 11.8 Å². The molecule has 0 aliphatic heterocycles. The van der Waals surface area contributed by atoms with Crippen molar-refractivity contribution in [3.63, 3.8) is 0 Å². The maximum Gasteiger partial charge on any atom is 0.308 e. The number of carbonyl (C=O) groups excluding carboxylic acids is 2. The number of esters is 1. The number of methoxy groups -OCH3 is 1. The molecule has 5 atom stereocenters. The second kappa shape index (κ2) is 3.83. The van der Waals surface area contributed by atoms with Crippen LogP contribution in [0.1, 0.15) is 46.5 Å². The number of rotatable bonds is 1. The van der Waals surface area contributed by atoms with Gasteiger partial charge in [0, 0.05) is 11.3 Å². The lowest BCUT2D eigenvalue weighted by molar-refractivity contribution is -0.147. The van der Waals surface area contributed by atoms with E-state index in [1.807, 2.05) is 0 Å². The van der Waals surface area contributed by atoms with Gasteiger partial charge in [-0.05, 0) is 42.9 Å². The summed E-state index contributed by atoms with van der Waals surface area (Å²) in [6, 6.07) is 0. The predicted octanol–water partition coefficient (Wildman–Crippen LogP) is 2.83. The molecule has 0 unspecified atom stereocenters. The van der Waals surface area contributed by atoms with Gasteiger partial charge in [0.2, 0.25) is 0 Å². The molecule has 0 aromatic rings. The average Bonchev–Trinajstić information content (AvgIpc) is 2.89. The van der Waals surface area contributed by atoms with Crippen molar-refractivity contribution in [2.75, 3.05) is 7.11 Å². The highest BCUT2D eigenvalue weighted by atomic mass is 16.5. The Kier molecular flexibility index (Phi) is 2.65. The van der Waals surface area contributed by atoms with E-state index in [0.29, 0.717) is 17.6 Å². The molecule has 3 nitrogen and oxygen atoms in total. The van der Waals surface area contributed by atoms with E-state index < -0.39 is 0 Å². The molecule has 0 radical (unpaired) electrons. The first kappa shape index (κ1) is 13.1. The number of hydrogen-bond donors (Lipinski definition) is 0. The summed E-state index contributed by atoms with van der Waals surface area (Å²) in [6.07, 6.45) is 3.92. The van der Waals surface area contributed by atoms with Gasteiger partial charge in [0.25, 0.3) is 0 Å². The van der Waals surface area contributed by atoms with E-state index in [0.717, 1.165) is 25.7 Å². The highest BCUT2D eigenvalue weighted by Crippen LogP contribution is 2.71. The van der Waals surface area contributed by atoms with Crippen molar-refractivity contribution < 1.29 is 14.3 Å². The van der Waals surface area contributed by atoms with Gasteiger partial charge in [0.05, 0.1) is 13.0 Å². The van der Waals surface area contributed by atoms with Crippen LogP contribution in [0, 0.1) is 34.5 Å². The normalized spacial score (nSPS) is 47.1. The smallest absolute Gasteiger partial charge is 0.308 e. The van der Waals surface area contributed by atoms with Gasteiger partial charge in [-0.15, -0.1) is 0 Å². The Labute approximate surface area is 115 Å². The van der Waals surface area contributed by atoms with E-state index in [9.17, 15) is 9.59 Å². The first-order chi connectivity index (χ1) is 8.84. The fraction of sp³-hybridized carbons (Fsp3) is 0.875. The van der Waals surface area contributed by atoms with E-state index in [2.05, 4.69) is 20.8 Å². The summed E-state index contributed by atoms with van der Waals surface area (Å²) in [6.45, 7) is 6.44. The van der Waals surface area contributed by atoms with Crippen LogP contribution >= 0.6 is 0 Å². The maximum absolute atomic E-state index is 12.7. The third-order valence-electron chi connectivity index (χ3n) is 6.38.